The standard InChI is InChI=1S/C9H10BrCl2N/c1-9(2,5-10)8-6(11)3-13-4-7(8)12/h3-4H,5H2,1-2H3. The Morgan fingerprint density at radius 3 is 2.15 bits per heavy atom. The zero-order valence-corrected chi connectivity index (χ0v) is 10.5. The summed E-state index contributed by atoms with van der Waals surface area (Å²) in [6, 6.07) is 0. The van der Waals surface area contributed by atoms with Gasteiger partial charge in [-0.15, -0.1) is 0 Å². The lowest BCUT2D eigenvalue weighted by Gasteiger charge is -2.24. The maximum atomic E-state index is 6.03. The molecule has 1 rings (SSSR count). The molecule has 0 aliphatic carbocycles. The molecule has 0 N–H and O–H groups in total. The summed E-state index contributed by atoms with van der Waals surface area (Å²) >= 11 is 15.5. The Morgan fingerprint density at radius 1 is 1.31 bits per heavy atom. The summed E-state index contributed by atoms with van der Waals surface area (Å²) < 4.78 is 0. The molecule has 1 aromatic rings. The normalized spacial score (nSPS) is 11.8. The number of hydrogen-bond donors (Lipinski definition) is 0. The van der Waals surface area contributed by atoms with E-state index >= 15 is 0 Å². The highest BCUT2D eigenvalue weighted by Gasteiger charge is 2.24. The van der Waals surface area contributed by atoms with Crippen molar-refractivity contribution in [1.29, 1.82) is 0 Å². The first-order valence-electron chi connectivity index (χ1n) is 3.84. The van der Waals surface area contributed by atoms with Crippen molar-refractivity contribution < 1.29 is 0 Å². The molecule has 0 aliphatic heterocycles. The van der Waals surface area contributed by atoms with E-state index in [4.69, 9.17) is 23.2 Å². The molecular weight excluding hydrogens is 273 g/mol. The van der Waals surface area contributed by atoms with Gasteiger partial charge < -0.3 is 0 Å². The average molecular weight is 283 g/mol. The minimum atomic E-state index is -0.0723. The van der Waals surface area contributed by atoms with Crippen LogP contribution in [0, 0.1) is 0 Å². The van der Waals surface area contributed by atoms with Gasteiger partial charge in [0.25, 0.3) is 0 Å². The van der Waals surface area contributed by atoms with Crippen LogP contribution in [0.3, 0.4) is 0 Å². The van der Waals surface area contributed by atoms with Crippen LogP contribution in [0.1, 0.15) is 19.4 Å². The molecule has 0 amide bonds. The lowest BCUT2D eigenvalue weighted by molar-refractivity contribution is 0.606. The van der Waals surface area contributed by atoms with Gasteiger partial charge in [0.2, 0.25) is 0 Å². The third-order valence-electron chi connectivity index (χ3n) is 1.86. The lowest BCUT2D eigenvalue weighted by atomic mass is 9.87. The Hall–Kier alpha value is 0.210. The maximum Gasteiger partial charge on any atom is 0.0641 e. The molecule has 1 nitrogen and oxygen atoms in total. The van der Waals surface area contributed by atoms with Gasteiger partial charge in [-0.05, 0) is 5.56 Å². The van der Waals surface area contributed by atoms with Gasteiger partial charge in [-0.3, -0.25) is 4.98 Å². The summed E-state index contributed by atoms with van der Waals surface area (Å²) in [6.45, 7) is 4.16. The van der Waals surface area contributed by atoms with E-state index in [1.807, 2.05) is 0 Å². The maximum absolute atomic E-state index is 6.03. The van der Waals surface area contributed by atoms with E-state index in [1.54, 1.807) is 12.4 Å². The summed E-state index contributed by atoms with van der Waals surface area (Å²) in [5.41, 5.74) is 0.875. The molecule has 0 bridgehead atoms. The zero-order valence-electron chi connectivity index (χ0n) is 7.44. The van der Waals surface area contributed by atoms with Crippen LogP contribution in [-0.4, -0.2) is 10.3 Å². The van der Waals surface area contributed by atoms with Crippen LogP contribution < -0.4 is 0 Å². The van der Waals surface area contributed by atoms with Crippen molar-refractivity contribution in [3.63, 3.8) is 0 Å². The predicted octanol–water partition coefficient (Wildman–Crippen LogP) is 4.06. The number of pyridine rings is 1. The monoisotopic (exact) mass is 281 g/mol. The number of hydrogen-bond acceptors (Lipinski definition) is 1. The van der Waals surface area contributed by atoms with E-state index in [-0.39, 0.29) is 5.41 Å². The van der Waals surface area contributed by atoms with Gasteiger partial charge in [0.15, 0.2) is 0 Å². The number of alkyl halides is 1. The summed E-state index contributed by atoms with van der Waals surface area (Å²) in [5, 5.41) is 2.05. The van der Waals surface area contributed by atoms with E-state index in [0.717, 1.165) is 10.9 Å². The second-order valence-electron chi connectivity index (χ2n) is 3.50. The first-order chi connectivity index (χ1) is 5.99. The van der Waals surface area contributed by atoms with Crippen molar-refractivity contribution in [3.8, 4) is 0 Å². The van der Waals surface area contributed by atoms with E-state index in [2.05, 4.69) is 34.8 Å². The molecule has 0 atom stereocenters. The minimum Gasteiger partial charge on any atom is -0.262 e. The molecular formula is C9H10BrCl2N. The molecule has 0 fully saturated rings. The van der Waals surface area contributed by atoms with E-state index in [9.17, 15) is 0 Å². The topological polar surface area (TPSA) is 12.9 Å². The summed E-state index contributed by atoms with van der Waals surface area (Å²) in [5.74, 6) is 0. The van der Waals surface area contributed by atoms with Gasteiger partial charge in [-0.2, -0.15) is 0 Å². The highest BCUT2D eigenvalue weighted by Crippen LogP contribution is 2.35. The Balaban J connectivity index is 3.28. The fourth-order valence-electron chi connectivity index (χ4n) is 1.12. The molecule has 1 heterocycles. The van der Waals surface area contributed by atoms with Crippen LogP contribution in [0.5, 0.6) is 0 Å². The molecule has 1 aromatic heterocycles. The second kappa shape index (κ2) is 4.16. The van der Waals surface area contributed by atoms with Gasteiger partial charge in [0, 0.05) is 23.1 Å². The molecule has 0 aromatic carbocycles. The quantitative estimate of drug-likeness (QED) is 0.746. The molecule has 72 valence electrons. The highest BCUT2D eigenvalue weighted by molar-refractivity contribution is 9.09. The number of nitrogens with zero attached hydrogens (tertiary/aromatic N) is 1. The van der Waals surface area contributed by atoms with Crippen molar-refractivity contribution >= 4 is 39.1 Å². The van der Waals surface area contributed by atoms with Crippen LogP contribution in [0.25, 0.3) is 0 Å². The average Bonchev–Trinajstić information content (AvgIpc) is 2.03. The van der Waals surface area contributed by atoms with Crippen molar-refractivity contribution in [2.45, 2.75) is 19.3 Å². The van der Waals surface area contributed by atoms with Crippen LogP contribution >= 0.6 is 39.1 Å². The van der Waals surface area contributed by atoms with Gasteiger partial charge in [-0.25, -0.2) is 0 Å². The largest absolute Gasteiger partial charge is 0.262 e. The SMILES string of the molecule is CC(C)(CBr)c1c(Cl)cncc1Cl. The second-order valence-corrected chi connectivity index (χ2v) is 4.87. The summed E-state index contributed by atoms with van der Waals surface area (Å²) in [6.07, 6.45) is 3.24. The van der Waals surface area contributed by atoms with Crippen LogP contribution in [0.4, 0.5) is 0 Å². The number of halogens is 3. The third kappa shape index (κ3) is 2.36. The van der Waals surface area contributed by atoms with E-state index in [1.165, 1.54) is 0 Å². The molecule has 0 saturated carbocycles. The third-order valence-corrected chi connectivity index (χ3v) is 3.84. The predicted molar refractivity (Wildman–Crippen MR) is 61.1 cm³/mol. The lowest BCUT2D eigenvalue weighted by Crippen LogP contribution is -2.20. The van der Waals surface area contributed by atoms with Crippen molar-refractivity contribution in [2.24, 2.45) is 0 Å². The van der Waals surface area contributed by atoms with Gasteiger partial charge in [0.05, 0.1) is 10.0 Å². The molecule has 13 heavy (non-hydrogen) atoms. The van der Waals surface area contributed by atoms with Gasteiger partial charge in [0.1, 0.15) is 0 Å². The smallest absolute Gasteiger partial charge is 0.0641 e. The van der Waals surface area contributed by atoms with Crippen LogP contribution in [-0.2, 0) is 5.41 Å². The summed E-state index contributed by atoms with van der Waals surface area (Å²) in [4.78, 5) is 3.91. The molecule has 0 radical (unpaired) electrons. The van der Waals surface area contributed by atoms with Crippen molar-refractivity contribution in [2.75, 3.05) is 5.33 Å². The fraction of sp³-hybridized carbons (Fsp3) is 0.444. The minimum absolute atomic E-state index is 0.0723. The number of rotatable bonds is 2. The van der Waals surface area contributed by atoms with E-state index in [0.29, 0.717) is 10.0 Å². The fourth-order valence-corrected chi connectivity index (χ4v) is 2.28. The molecule has 0 spiro atoms. The van der Waals surface area contributed by atoms with Crippen LogP contribution in [0.2, 0.25) is 10.0 Å². The van der Waals surface area contributed by atoms with Gasteiger partial charge >= 0.3 is 0 Å². The molecule has 4 heteroatoms. The first kappa shape index (κ1) is 11.3. The molecule has 0 unspecified atom stereocenters. The van der Waals surface area contributed by atoms with E-state index < -0.39 is 0 Å². The van der Waals surface area contributed by atoms with Crippen LogP contribution in [0.15, 0.2) is 12.4 Å². The molecule has 0 aliphatic rings. The van der Waals surface area contributed by atoms with Gasteiger partial charge in [-0.1, -0.05) is 53.0 Å². The zero-order chi connectivity index (χ0) is 10.1. The van der Waals surface area contributed by atoms with Crippen molar-refractivity contribution in [3.05, 3.63) is 28.0 Å². The Morgan fingerprint density at radius 2 is 1.77 bits per heavy atom. The number of aromatic nitrogens is 1. The highest BCUT2D eigenvalue weighted by atomic mass is 79.9. The summed E-state index contributed by atoms with van der Waals surface area (Å²) in [7, 11) is 0. The van der Waals surface area contributed by atoms with Crippen molar-refractivity contribution in [1.82, 2.24) is 4.98 Å². The molecule has 0 saturated heterocycles. The Kier molecular flexibility index (Phi) is 3.61. The Bertz CT molecular complexity index is 292. The Labute approximate surface area is 96.6 Å². The first-order valence-corrected chi connectivity index (χ1v) is 5.72.